The van der Waals surface area contributed by atoms with Crippen molar-refractivity contribution in [2.45, 2.75) is 13.8 Å². The number of hydrogen-bond acceptors (Lipinski definition) is 2. The van der Waals surface area contributed by atoms with Crippen LogP contribution in [-0.4, -0.2) is 9.97 Å². The number of aromatic nitrogens is 2. The Morgan fingerprint density at radius 2 is 0.630 bits per heavy atom. The van der Waals surface area contributed by atoms with E-state index in [0.29, 0.717) is 0 Å². The summed E-state index contributed by atoms with van der Waals surface area (Å²) in [4.78, 5) is 11.2. The monoisotopic (exact) mass is 588 g/mol. The van der Waals surface area contributed by atoms with Gasteiger partial charge in [0.1, 0.15) is 0 Å². The number of benzene rings is 6. The zero-order valence-corrected chi connectivity index (χ0v) is 25.9. The molecule has 2 nitrogen and oxygen atoms in total. The van der Waals surface area contributed by atoms with E-state index in [0.717, 1.165) is 66.9 Å². The van der Waals surface area contributed by atoms with Gasteiger partial charge in [-0.3, -0.25) is 0 Å². The Morgan fingerprint density at radius 3 is 0.978 bits per heavy atom. The van der Waals surface area contributed by atoms with Crippen LogP contribution >= 0.6 is 0 Å². The maximum atomic E-state index is 5.59. The zero-order valence-electron chi connectivity index (χ0n) is 25.9. The van der Waals surface area contributed by atoms with E-state index in [9.17, 15) is 0 Å². The molecular formula is C44H32N2. The lowest BCUT2D eigenvalue weighted by Gasteiger charge is -2.20. The Labute approximate surface area is 269 Å². The summed E-state index contributed by atoms with van der Waals surface area (Å²) in [6, 6.07) is 55.8. The van der Waals surface area contributed by atoms with E-state index in [1.807, 2.05) is 0 Å². The molecule has 218 valence electrons. The van der Waals surface area contributed by atoms with Gasteiger partial charge in [-0.15, -0.1) is 0 Å². The lowest BCUT2D eigenvalue weighted by atomic mass is 9.89. The Kier molecular flexibility index (Phi) is 6.96. The lowest BCUT2D eigenvalue weighted by Crippen LogP contribution is -2.01. The first kappa shape index (κ1) is 27.7. The highest BCUT2D eigenvalue weighted by atomic mass is 14.8. The largest absolute Gasteiger partial charge is 0.245 e. The summed E-state index contributed by atoms with van der Waals surface area (Å²) in [7, 11) is 0. The smallest absolute Gasteiger partial charge is 0.0979 e. The van der Waals surface area contributed by atoms with E-state index >= 15 is 0 Å². The quantitative estimate of drug-likeness (QED) is 0.200. The molecule has 0 amide bonds. The summed E-state index contributed by atoms with van der Waals surface area (Å²) >= 11 is 0. The molecule has 0 bridgehead atoms. The van der Waals surface area contributed by atoms with Gasteiger partial charge in [0.05, 0.1) is 22.8 Å². The van der Waals surface area contributed by atoms with Crippen LogP contribution in [0.1, 0.15) is 11.1 Å². The van der Waals surface area contributed by atoms with Gasteiger partial charge in [0.25, 0.3) is 0 Å². The molecule has 0 aliphatic carbocycles. The van der Waals surface area contributed by atoms with Crippen molar-refractivity contribution >= 4 is 21.5 Å². The first-order chi connectivity index (χ1) is 22.7. The SMILES string of the molecule is Cc1ccc2c(-c3nc(-c4ccccc4)c(-c4ccccc4)c4cc(C)ccc34)nc(-c3ccccc3)c(-c3ccccc3)c2c1. The molecule has 0 aliphatic heterocycles. The minimum Gasteiger partial charge on any atom is -0.245 e. The lowest BCUT2D eigenvalue weighted by molar-refractivity contribution is 1.28. The summed E-state index contributed by atoms with van der Waals surface area (Å²) in [5.41, 5.74) is 12.8. The molecule has 0 fully saturated rings. The Bertz CT molecular complexity index is 2170. The van der Waals surface area contributed by atoms with Crippen molar-refractivity contribution in [2.24, 2.45) is 0 Å². The van der Waals surface area contributed by atoms with Crippen molar-refractivity contribution < 1.29 is 0 Å². The fourth-order valence-corrected chi connectivity index (χ4v) is 6.62. The van der Waals surface area contributed by atoms with Gasteiger partial charge in [-0.2, -0.15) is 0 Å². The number of rotatable bonds is 5. The molecule has 0 spiro atoms. The molecule has 0 radical (unpaired) electrons. The van der Waals surface area contributed by atoms with Crippen molar-refractivity contribution in [2.75, 3.05) is 0 Å². The number of fused-ring (bicyclic) bond motifs is 2. The maximum absolute atomic E-state index is 5.59. The number of nitrogens with zero attached hydrogens (tertiary/aromatic N) is 2. The van der Waals surface area contributed by atoms with Crippen molar-refractivity contribution in [3.63, 3.8) is 0 Å². The Morgan fingerprint density at radius 1 is 0.304 bits per heavy atom. The van der Waals surface area contributed by atoms with Crippen LogP contribution in [0.4, 0.5) is 0 Å². The van der Waals surface area contributed by atoms with Crippen LogP contribution in [0.2, 0.25) is 0 Å². The summed E-state index contributed by atoms with van der Waals surface area (Å²) in [5.74, 6) is 0. The fourth-order valence-electron chi connectivity index (χ4n) is 6.62. The molecule has 0 saturated carbocycles. The highest BCUT2D eigenvalue weighted by Crippen LogP contribution is 2.45. The molecule has 0 aliphatic rings. The maximum Gasteiger partial charge on any atom is 0.0979 e. The molecule has 0 unspecified atom stereocenters. The molecule has 0 saturated heterocycles. The van der Waals surface area contributed by atoms with Crippen molar-refractivity contribution in [1.82, 2.24) is 9.97 Å². The van der Waals surface area contributed by atoms with Crippen molar-refractivity contribution in [3.8, 4) is 56.2 Å². The molecule has 8 rings (SSSR count). The van der Waals surface area contributed by atoms with E-state index in [-0.39, 0.29) is 0 Å². The third kappa shape index (κ3) is 4.85. The molecule has 2 aromatic heterocycles. The first-order valence-corrected chi connectivity index (χ1v) is 15.8. The summed E-state index contributed by atoms with van der Waals surface area (Å²) in [6.45, 7) is 4.32. The van der Waals surface area contributed by atoms with Crippen LogP contribution in [0.3, 0.4) is 0 Å². The molecule has 2 heteroatoms. The number of aryl methyl sites for hydroxylation is 2. The Hall–Kier alpha value is -5.86. The first-order valence-electron chi connectivity index (χ1n) is 15.8. The van der Waals surface area contributed by atoms with Gasteiger partial charge in [-0.25, -0.2) is 9.97 Å². The van der Waals surface area contributed by atoms with Crippen molar-refractivity contribution in [3.05, 3.63) is 169 Å². The Balaban J connectivity index is 1.55. The minimum atomic E-state index is 0.888. The third-order valence-corrected chi connectivity index (χ3v) is 8.76. The van der Waals surface area contributed by atoms with Gasteiger partial charge >= 0.3 is 0 Å². The molecule has 46 heavy (non-hydrogen) atoms. The zero-order chi connectivity index (χ0) is 31.0. The average molecular weight is 589 g/mol. The molecule has 0 N–H and O–H groups in total. The molecular weight excluding hydrogens is 556 g/mol. The van der Waals surface area contributed by atoms with E-state index in [1.54, 1.807) is 0 Å². The van der Waals surface area contributed by atoms with Crippen LogP contribution in [0, 0.1) is 13.8 Å². The predicted octanol–water partition coefficient (Wildman–Crippen LogP) is 11.7. The van der Waals surface area contributed by atoms with Gasteiger partial charge in [0.2, 0.25) is 0 Å². The van der Waals surface area contributed by atoms with Gasteiger partial charge in [-0.1, -0.05) is 169 Å². The van der Waals surface area contributed by atoms with Crippen LogP contribution < -0.4 is 0 Å². The molecule has 2 heterocycles. The highest BCUT2D eigenvalue weighted by molar-refractivity contribution is 6.14. The molecule has 6 aromatic carbocycles. The summed E-state index contributed by atoms with van der Waals surface area (Å²) < 4.78 is 0. The van der Waals surface area contributed by atoms with Crippen molar-refractivity contribution in [1.29, 1.82) is 0 Å². The number of hydrogen-bond donors (Lipinski definition) is 0. The topological polar surface area (TPSA) is 25.8 Å². The van der Waals surface area contributed by atoms with E-state index in [4.69, 9.17) is 9.97 Å². The number of pyridine rings is 2. The third-order valence-electron chi connectivity index (χ3n) is 8.76. The van der Waals surface area contributed by atoms with Gasteiger partial charge in [0.15, 0.2) is 0 Å². The van der Waals surface area contributed by atoms with Gasteiger partial charge in [0, 0.05) is 33.0 Å². The van der Waals surface area contributed by atoms with Crippen LogP contribution in [-0.2, 0) is 0 Å². The van der Waals surface area contributed by atoms with Gasteiger partial charge in [-0.05, 0) is 35.7 Å². The second-order valence-corrected chi connectivity index (χ2v) is 11.9. The summed E-state index contributed by atoms with van der Waals surface area (Å²) in [6.07, 6.45) is 0. The molecule has 0 atom stereocenters. The van der Waals surface area contributed by atoms with Gasteiger partial charge < -0.3 is 0 Å². The normalized spacial score (nSPS) is 11.3. The standard InChI is InChI=1S/C44H32N2/c1-29-23-25-35-37(27-29)39(31-15-7-3-8-16-31)41(33-19-11-5-12-20-33)45-43(35)44-36-26-24-30(2)28-38(36)40(32-17-9-4-10-18-32)42(46-44)34-21-13-6-14-22-34/h3-28H,1-2H3. The average Bonchev–Trinajstić information content (AvgIpc) is 3.11. The fraction of sp³-hybridized carbons (Fsp3) is 0.0455. The second-order valence-electron chi connectivity index (χ2n) is 11.9. The predicted molar refractivity (Wildman–Crippen MR) is 194 cm³/mol. The molecule has 8 aromatic rings. The van der Waals surface area contributed by atoms with E-state index < -0.39 is 0 Å². The van der Waals surface area contributed by atoms with E-state index in [2.05, 4.69) is 172 Å². The van der Waals surface area contributed by atoms with Crippen LogP contribution in [0.5, 0.6) is 0 Å². The summed E-state index contributed by atoms with van der Waals surface area (Å²) in [5, 5.41) is 4.52. The minimum absolute atomic E-state index is 0.888. The van der Waals surface area contributed by atoms with Crippen LogP contribution in [0.15, 0.2) is 158 Å². The highest BCUT2D eigenvalue weighted by Gasteiger charge is 2.23. The van der Waals surface area contributed by atoms with E-state index in [1.165, 1.54) is 21.9 Å². The second kappa shape index (κ2) is 11.6. The van der Waals surface area contributed by atoms with Crippen LogP contribution in [0.25, 0.3) is 77.7 Å².